The molecule has 1 saturated carbocycles. The number of carbonyl (C=O) groups excluding carboxylic acids is 1. The molecule has 1 heterocycles. The lowest BCUT2D eigenvalue weighted by atomic mass is 9.77. The molecule has 2 fully saturated rings. The van der Waals surface area contributed by atoms with Crippen LogP contribution in [0, 0.1) is 0 Å². The molecular formula is C15H29N3O. The Kier molecular flexibility index (Phi) is 4.51. The van der Waals surface area contributed by atoms with E-state index in [1.807, 2.05) is 7.05 Å². The second-order valence-corrected chi connectivity index (χ2v) is 6.38. The lowest BCUT2D eigenvalue weighted by Gasteiger charge is -2.45. The normalized spacial score (nSPS) is 40.5. The highest BCUT2D eigenvalue weighted by Crippen LogP contribution is 2.37. The summed E-state index contributed by atoms with van der Waals surface area (Å²) in [6.07, 6.45) is 7.86. The van der Waals surface area contributed by atoms with E-state index in [1.165, 1.54) is 25.7 Å². The van der Waals surface area contributed by atoms with E-state index in [0.29, 0.717) is 18.1 Å². The third-order valence-electron chi connectivity index (χ3n) is 5.42. The fourth-order valence-electron chi connectivity index (χ4n) is 4.24. The zero-order chi connectivity index (χ0) is 14.0. The average Bonchev–Trinajstić information content (AvgIpc) is 2.79. The maximum Gasteiger partial charge on any atom is 0.237 e. The first kappa shape index (κ1) is 14.8. The fraction of sp³-hybridized carbons (Fsp3) is 0.933. The average molecular weight is 267 g/mol. The lowest BCUT2D eigenvalue weighted by Crippen LogP contribution is -2.60. The molecule has 2 rings (SSSR count). The van der Waals surface area contributed by atoms with Crippen LogP contribution in [0.4, 0.5) is 0 Å². The maximum absolute atomic E-state index is 11.8. The first-order chi connectivity index (χ1) is 9.04. The van der Waals surface area contributed by atoms with E-state index >= 15 is 0 Å². The Morgan fingerprint density at radius 2 is 2.16 bits per heavy atom. The van der Waals surface area contributed by atoms with Crippen molar-refractivity contribution in [1.29, 1.82) is 0 Å². The predicted molar refractivity (Wildman–Crippen MR) is 77.9 cm³/mol. The molecule has 4 atom stereocenters. The summed E-state index contributed by atoms with van der Waals surface area (Å²) in [7, 11) is 1.87. The number of likely N-dealkylation sites (tertiary alicyclic amines) is 1. The molecule has 0 bridgehead atoms. The minimum atomic E-state index is -0.483. The Labute approximate surface area is 117 Å². The lowest BCUT2D eigenvalue weighted by molar-refractivity contribution is -0.126. The van der Waals surface area contributed by atoms with Gasteiger partial charge in [0.25, 0.3) is 0 Å². The van der Waals surface area contributed by atoms with Gasteiger partial charge in [-0.25, -0.2) is 0 Å². The summed E-state index contributed by atoms with van der Waals surface area (Å²) in [6.45, 7) is 4.60. The highest BCUT2D eigenvalue weighted by atomic mass is 16.1. The molecule has 1 aliphatic carbocycles. The minimum absolute atomic E-state index is 0.181. The Hall–Kier alpha value is -0.610. The molecule has 2 aliphatic rings. The number of likely N-dealkylation sites (N-methyl/N-ethyl adjacent to an activating group) is 1. The van der Waals surface area contributed by atoms with Crippen molar-refractivity contribution in [3.05, 3.63) is 0 Å². The number of rotatable bonds is 4. The third-order valence-corrected chi connectivity index (χ3v) is 5.42. The van der Waals surface area contributed by atoms with Gasteiger partial charge in [0.05, 0.1) is 5.54 Å². The van der Waals surface area contributed by atoms with Crippen LogP contribution >= 0.6 is 0 Å². The van der Waals surface area contributed by atoms with E-state index in [1.54, 1.807) is 0 Å². The van der Waals surface area contributed by atoms with Gasteiger partial charge >= 0.3 is 0 Å². The summed E-state index contributed by atoms with van der Waals surface area (Å²) < 4.78 is 0. The molecule has 0 aromatic heterocycles. The van der Waals surface area contributed by atoms with Gasteiger partial charge in [-0.2, -0.15) is 0 Å². The second kappa shape index (κ2) is 5.80. The summed E-state index contributed by atoms with van der Waals surface area (Å²) in [5.74, 6) is -0.181. The Balaban J connectivity index is 2.14. The third kappa shape index (κ3) is 2.65. The molecule has 19 heavy (non-hydrogen) atoms. The van der Waals surface area contributed by atoms with Crippen LogP contribution in [-0.2, 0) is 4.79 Å². The zero-order valence-electron chi connectivity index (χ0n) is 12.6. The van der Waals surface area contributed by atoms with Gasteiger partial charge in [0.2, 0.25) is 5.91 Å². The number of hydrogen-bond donors (Lipinski definition) is 2. The van der Waals surface area contributed by atoms with Crippen molar-refractivity contribution in [2.24, 2.45) is 5.73 Å². The van der Waals surface area contributed by atoms with Crippen LogP contribution in [0.25, 0.3) is 0 Å². The number of carbonyl (C=O) groups is 1. The van der Waals surface area contributed by atoms with Crippen LogP contribution in [0.2, 0.25) is 0 Å². The largest absolute Gasteiger partial charge is 0.368 e. The quantitative estimate of drug-likeness (QED) is 0.814. The van der Waals surface area contributed by atoms with Crippen molar-refractivity contribution in [3.8, 4) is 0 Å². The van der Waals surface area contributed by atoms with E-state index in [4.69, 9.17) is 5.73 Å². The van der Waals surface area contributed by atoms with Gasteiger partial charge in [-0.05, 0) is 58.9 Å². The van der Waals surface area contributed by atoms with Crippen molar-refractivity contribution < 1.29 is 4.79 Å². The molecule has 0 spiro atoms. The van der Waals surface area contributed by atoms with E-state index in [0.717, 1.165) is 19.3 Å². The SMILES string of the molecule is CCC1CCC(C)N1C1CCCC(NC)(C(N)=O)C1. The molecule has 4 heteroatoms. The maximum atomic E-state index is 11.8. The molecule has 3 N–H and O–H groups in total. The second-order valence-electron chi connectivity index (χ2n) is 6.38. The van der Waals surface area contributed by atoms with Crippen molar-refractivity contribution in [1.82, 2.24) is 10.2 Å². The fourth-order valence-corrected chi connectivity index (χ4v) is 4.24. The van der Waals surface area contributed by atoms with Crippen molar-refractivity contribution in [2.75, 3.05) is 7.05 Å². The van der Waals surface area contributed by atoms with Crippen LogP contribution in [0.3, 0.4) is 0 Å². The number of primary amides is 1. The molecule has 4 nitrogen and oxygen atoms in total. The summed E-state index contributed by atoms with van der Waals surface area (Å²) in [6, 6.07) is 1.85. The summed E-state index contributed by atoms with van der Waals surface area (Å²) in [4.78, 5) is 14.5. The molecule has 1 amide bonds. The van der Waals surface area contributed by atoms with Gasteiger partial charge in [0.1, 0.15) is 0 Å². The smallest absolute Gasteiger partial charge is 0.237 e. The van der Waals surface area contributed by atoms with Crippen molar-refractivity contribution in [2.45, 2.75) is 82.5 Å². The Morgan fingerprint density at radius 3 is 2.74 bits per heavy atom. The first-order valence-electron chi connectivity index (χ1n) is 7.80. The molecule has 4 unspecified atom stereocenters. The zero-order valence-corrected chi connectivity index (χ0v) is 12.6. The van der Waals surface area contributed by atoms with Gasteiger partial charge in [0.15, 0.2) is 0 Å². The number of amides is 1. The number of hydrogen-bond acceptors (Lipinski definition) is 3. The molecule has 0 aromatic rings. The molecule has 1 saturated heterocycles. The number of nitrogens with two attached hydrogens (primary N) is 1. The van der Waals surface area contributed by atoms with Gasteiger partial charge in [-0.1, -0.05) is 6.92 Å². The predicted octanol–water partition coefficient (Wildman–Crippen LogP) is 1.64. The monoisotopic (exact) mass is 267 g/mol. The van der Waals surface area contributed by atoms with Crippen molar-refractivity contribution in [3.63, 3.8) is 0 Å². The summed E-state index contributed by atoms with van der Waals surface area (Å²) in [5, 5.41) is 3.22. The van der Waals surface area contributed by atoms with Crippen LogP contribution in [0.5, 0.6) is 0 Å². The summed E-state index contributed by atoms with van der Waals surface area (Å²) >= 11 is 0. The molecule has 110 valence electrons. The van der Waals surface area contributed by atoms with Crippen LogP contribution in [-0.4, -0.2) is 41.5 Å². The highest BCUT2D eigenvalue weighted by Gasteiger charge is 2.44. The molecule has 1 aliphatic heterocycles. The van der Waals surface area contributed by atoms with Crippen LogP contribution < -0.4 is 11.1 Å². The summed E-state index contributed by atoms with van der Waals surface area (Å²) in [5.41, 5.74) is 5.17. The van der Waals surface area contributed by atoms with Crippen LogP contribution in [0.15, 0.2) is 0 Å². The first-order valence-corrected chi connectivity index (χ1v) is 7.80. The number of nitrogens with one attached hydrogen (secondary N) is 1. The topological polar surface area (TPSA) is 58.4 Å². The Bertz CT molecular complexity index is 333. The van der Waals surface area contributed by atoms with Gasteiger partial charge < -0.3 is 11.1 Å². The highest BCUT2D eigenvalue weighted by molar-refractivity contribution is 5.84. The standard InChI is InChI=1S/C15H29N3O/c1-4-12-8-7-11(2)18(12)13-6-5-9-15(10-13,17-3)14(16)19/h11-13,17H,4-10H2,1-3H3,(H2,16,19). The van der Waals surface area contributed by atoms with Gasteiger partial charge in [-0.15, -0.1) is 0 Å². The van der Waals surface area contributed by atoms with Gasteiger partial charge in [-0.3, -0.25) is 9.69 Å². The van der Waals surface area contributed by atoms with E-state index < -0.39 is 5.54 Å². The minimum Gasteiger partial charge on any atom is -0.368 e. The van der Waals surface area contributed by atoms with E-state index in [-0.39, 0.29) is 5.91 Å². The van der Waals surface area contributed by atoms with Crippen molar-refractivity contribution >= 4 is 5.91 Å². The Morgan fingerprint density at radius 1 is 1.42 bits per heavy atom. The molecule has 0 aromatic carbocycles. The van der Waals surface area contributed by atoms with E-state index in [2.05, 4.69) is 24.1 Å². The van der Waals surface area contributed by atoms with E-state index in [9.17, 15) is 4.79 Å². The number of nitrogens with zero attached hydrogens (tertiary/aromatic N) is 1. The molecular weight excluding hydrogens is 238 g/mol. The van der Waals surface area contributed by atoms with Crippen LogP contribution in [0.1, 0.15) is 58.8 Å². The molecule has 0 radical (unpaired) electrons. The van der Waals surface area contributed by atoms with Gasteiger partial charge in [0, 0.05) is 18.1 Å².